The van der Waals surface area contributed by atoms with Crippen LogP contribution in [0, 0.1) is 0 Å². The number of aromatic nitrogens is 1. The van der Waals surface area contributed by atoms with Gasteiger partial charge >= 0.3 is 0 Å². The van der Waals surface area contributed by atoms with E-state index in [4.69, 9.17) is 9.47 Å². The zero-order valence-electron chi connectivity index (χ0n) is 13.7. The van der Waals surface area contributed by atoms with Gasteiger partial charge in [-0.05, 0) is 18.2 Å². The van der Waals surface area contributed by atoms with Crippen LogP contribution in [0.4, 0.5) is 0 Å². The summed E-state index contributed by atoms with van der Waals surface area (Å²) in [5.74, 6) is 0.893. The van der Waals surface area contributed by atoms with E-state index in [0.29, 0.717) is 28.3 Å². The van der Waals surface area contributed by atoms with Gasteiger partial charge in [-0.1, -0.05) is 12.1 Å². The standard InChI is InChI=1S/C18H17N3O4/c1-24-12-7-14-13(17(8-12)25-2)9-15(20-14)18(23)21-19-10-11-5-3-4-6-16(11)22/h3-10,20,22H,1-2H3,(H,21,23)/b19-10-. The van der Waals surface area contributed by atoms with Crippen molar-refractivity contribution in [3.8, 4) is 17.2 Å². The number of para-hydroxylation sites is 1. The molecule has 0 spiro atoms. The highest BCUT2D eigenvalue weighted by atomic mass is 16.5. The number of methoxy groups -OCH3 is 2. The van der Waals surface area contributed by atoms with Gasteiger partial charge in [-0.3, -0.25) is 4.79 Å². The van der Waals surface area contributed by atoms with E-state index < -0.39 is 5.91 Å². The summed E-state index contributed by atoms with van der Waals surface area (Å²) in [5, 5.41) is 14.3. The van der Waals surface area contributed by atoms with Crippen LogP contribution in [0.1, 0.15) is 16.1 Å². The maximum atomic E-state index is 12.3. The van der Waals surface area contributed by atoms with Crippen molar-refractivity contribution >= 4 is 23.0 Å². The number of aromatic hydroxyl groups is 1. The predicted molar refractivity (Wildman–Crippen MR) is 94.6 cm³/mol. The Morgan fingerprint density at radius 2 is 2.00 bits per heavy atom. The number of hydrogen-bond donors (Lipinski definition) is 3. The highest BCUT2D eigenvalue weighted by molar-refractivity contribution is 6.00. The third-order valence-electron chi connectivity index (χ3n) is 3.68. The monoisotopic (exact) mass is 339 g/mol. The maximum Gasteiger partial charge on any atom is 0.287 e. The number of carbonyl (C=O) groups is 1. The number of carbonyl (C=O) groups excluding carboxylic acids is 1. The summed E-state index contributed by atoms with van der Waals surface area (Å²) < 4.78 is 10.5. The maximum absolute atomic E-state index is 12.3. The molecular weight excluding hydrogens is 322 g/mol. The van der Waals surface area contributed by atoms with Crippen LogP contribution in [0.15, 0.2) is 47.6 Å². The average molecular weight is 339 g/mol. The van der Waals surface area contributed by atoms with Gasteiger partial charge in [-0.2, -0.15) is 5.10 Å². The summed E-state index contributed by atoms with van der Waals surface area (Å²) in [5.41, 5.74) is 3.97. The number of hydrogen-bond acceptors (Lipinski definition) is 5. The number of benzene rings is 2. The van der Waals surface area contributed by atoms with Crippen molar-refractivity contribution in [2.24, 2.45) is 5.10 Å². The summed E-state index contributed by atoms with van der Waals surface area (Å²) in [7, 11) is 3.11. The second-order valence-corrected chi connectivity index (χ2v) is 5.23. The Bertz CT molecular complexity index is 947. The fourth-order valence-corrected chi connectivity index (χ4v) is 2.41. The number of aromatic amines is 1. The summed E-state index contributed by atoms with van der Waals surface area (Å²) in [6, 6.07) is 11.9. The molecule has 1 heterocycles. The summed E-state index contributed by atoms with van der Waals surface area (Å²) in [6.07, 6.45) is 1.37. The second-order valence-electron chi connectivity index (χ2n) is 5.23. The van der Waals surface area contributed by atoms with Gasteiger partial charge in [0.1, 0.15) is 22.9 Å². The summed E-state index contributed by atoms with van der Waals surface area (Å²) >= 11 is 0. The first-order valence-corrected chi connectivity index (χ1v) is 7.48. The minimum atomic E-state index is -0.413. The van der Waals surface area contributed by atoms with E-state index in [-0.39, 0.29) is 5.75 Å². The first-order chi connectivity index (χ1) is 12.1. The molecule has 0 fully saturated rings. The first-order valence-electron chi connectivity index (χ1n) is 7.48. The smallest absolute Gasteiger partial charge is 0.287 e. The lowest BCUT2D eigenvalue weighted by atomic mass is 10.2. The lowest BCUT2D eigenvalue weighted by Crippen LogP contribution is -2.17. The van der Waals surface area contributed by atoms with Gasteiger partial charge in [-0.25, -0.2) is 5.43 Å². The highest BCUT2D eigenvalue weighted by Crippen LogP contribution is 2.31. The molecule has 7 heteroatoms. The minimum absolute atomic E-state index is 0.0861. The van der Waals surface area contributed by atoms with Crippen LogP contribution < -0.4 is 14.9 Å². The molecule has 128 valence electrons. The van der Waals surface area contributed by atoms with Crippen LogP contribution in [0.5, 0.6) is 17.2 Å². The van der Waals surface area contributed by atoms with Crippen molar-refractivity contribution in [2.45, 2.75) is 0 Å². The minimum Gasteiger partial charge on any atom is -0.507 e. The van der Waals surface area contributed by atoms with E-state index >= 15 is 0 Å². The molecule has 0 aliphatic rings. The van der Waals surface area contributed by atoms with Gasteiger partial charge in [-0.15, -0.1) is 0 Å². The summed E-state index contributed by atoms with van der Waals surface area (Å²) in [4.78, 5) is 15.3. The van der Waals surface area contributed by atoms with Crippen molar-refractivity contribution in [1.82, 2.24) is 10.4 Å². The molecule has 7 nitrogen and oxygen atoms in total. The van der Waals surface area contributed by atoms with Gasteiger partial charge in [0.05, 0.1) is 26.0 Å². The zero-order valence-corrected chi connectivity index (χ0v) is 13.7. The molecular formula is C18H17N3O4. The number of fused-ring (bicyclic) bond motifs is 1. The largest absolute Gasteiger partial charge is 0.507 e. The van der Waals surface area contributed by atoms with Crippen LogP contribution in [-0.2, 0) is 0 Å². The van der Waals surface area contributed by atoms with Gasteiger partial charge < -0.3 is 19.6 Å². The summed E-state index contributed by atoms with van der Waals surface area (Å²) in [6.45, 7) is 0. The van der Waals surface area contributed by atoms with Gasteiger partial charge in [0, 0.05) is 23.1 Å². The molecule has 0 saturated heterocycles. The number of nitrogens with one attached hydrogen (secondary N) is 2. The number of phenolic OH excluding ortho intramolecular Hbond substituents is 1. The van der Waals surface area contributed by atoms with Crippen LogP contribution >= 0.6 is 0 Å². The number of amides is 1. The molecule has 0 atom stereocenters. The van der Waals surface area contributed by atoms with Gasteiger partial charge in [0.25, 0.3) is 5.91 Å². The van der Waals surface area contributed by atoms with E-state index in [1.165, 1.54) is 6.21 Å². The Kier molecular flexibility index (Phi) is 4.56. The highest BCUT2D eigenvalue weighted by Gasteiger charge is 2.13. The lowest BCUT2D eigenvalue weighted by Gasteiger charge is -2.04. The van der Waals surface area contributed by atoms with Crippen LogP contribution in [0.25, 0.3) is 10.9 Å². The molecule has 3 N–H and O–H groups in total. The third-order valence-corrected chi connectivity index (χ3v) is 3.68. The fraction of sp³-hybridized carbons (Fsp3) is 0.111. The number of nitrogens with zero attached hydrogens (tertiary/aromatic N) is 1. The first kappa shape index (κ1) is 16.4. The van der Waals surface area contributed by atoms with E-state index in [9.17, 15) is 9.90 Å². The molecule has 0 saturated carbocycles. The fourth-order valence-electron chi connectivity index (χ4n) is 2.41. The Balaban J connectivity index is 1.81. The molecule has 0 bridgehead atoms. The van der Waals surface area contributed by atoms with Crippen LogP contribution in [0.3, 0.4) is 0 Å². The van der Waals surface area contributed by atoms with Crippen molar-refractivity contribution in [1.29, 1.82) is 0 Å². The van der Waals surface area contributed by atoms with E-state index in [2.05, 4.69) is 15.5 Å². The zero-order chi connectivity index (χ0) is 17.8. The molecule has 0 aliphatic heterocycles. The molecule has 0 radical (unpaired) electrons. The number of ether oxygens (including phenoxy) is 2. The predicted octanol–water partition coefficient (Wildman–Crippen LogP) is 2.65. The van der Waals surface area contributed by atoms with Crippen LogP contribution in [0.2, 0.25) is 0 Å². The van der Waals surface area contributed by atoms with Crippen molar-refractivity contribution in [2.75, 3.05) is 14.2 Å². The number of hydrazone groups is 1. The molecule has 1 aromatic heterocycles. The van der Waals surface area contributed by atoms with Crippen molar-refractivity contribution in [3.63, 3.8) is 0 Å². The molecule has 0 aliphatic carbocycles. The SMILES string of the molecule is COc1cc(OC)c2cc(C(=O)N/N=C\c3ccccc3O)[nH]c2c1. The average Bonchev–Trinajstić information content (AvgIpc) is 3.06. The molecule has 2 aromatic carbocycles. The molecule has 3 aromatic rings. The molecule has 1 amide bonds. The Morgan fingerprint density at radius 1 is 1.20 bits per heavy atom. The van der Waals surface area contributed by atoms with E-state index in [1.54, 1.807) is 56.7 Å². The second kappa shape index (κ2) is 6.96. The topological polar surface area (TPSA) is 95.9 Å². The molecule has 3 rings (SSSR count). The number of rotatable bonds is 5. The Labute approximate surface area is 143 Å². The third kappa shape index (κ3) is 3.40. The van der Waals surface area contributed by atoms with E-state index in [0.717, 1.165) is 5.39 Å². The van der Waals surface area contributed by atoms with Gasteiger partial charge in [0.15, 0.2) is 0 Å². The van der Waals surface area contributed by atoms with Gasteiger partial charge in [0.2, 0.25) is 0 Å². The Morgan fingerprint density at radius 3 is 2.72 bits per heavy atom. The molecule has 0 unspecified atom stereocenters. The molecule has 25 heavy (non-hydrogen) atoms. The number of H-pyrrole nitrogens is 1. The normalized spacial score (nSPS) is 11.0. The number of phenols is 1. The van der Waals surface area contributed by atoms with Crippen molar-refractivity contribution < 1.29 is 19.4 Å². The van der Waals surface area contributed by atoms with Crippen molar-refractivity contribution in [3.05, 3.63) is 53.7 Å². The Hall–Kier alpha value is -3.48. The van der Waals surface area contributed by atoms with E-state index in [1.807, 2.05) is 0 Å². The quantitative estimate of drug-likeness (QED) is 0.492. The lowest BCUT2D eigenvalue weighted by molar-refractivity contribution is 0.0951. The van der Waals surface area contributed by atoms with Crippen LogP contribution in [-0.4, -0.2) is 36.4 Å².